The van der Waals surface area contributed by atoms with Crippen LogP contribution in [0.15, 0.2) is 27.6 Å². The predicted molar refractivity (Wildman–Crippen MR) is 75.7 cm³/mol. The van der Waals surface area contributed by atoms with Crippen LogP contribution in [0.4, 0.5) is 5.69 Å². The Morgan fingerprint density at radius 3 is 2.67 bits per heavy atom. The first-order valence-electron chi connectivity index (χ1n) is 6.04. The quantitative estimate of drug-likeness (QED) is 0.813. The Morgan fingerprint density at radius 2 is 2.11 bits per heavy atom. The number of halogens is 1. The smallest absolute Gasteiger partial charge is 0.240 e. The molecule has 6 heteroatoms. The maximum absolute atomic E-state index is 12.0. The van der Waals surface area contributed by atoms with E-state index in [1.165, 1.54) is 25.3 Å². The number of hydrogen-bond donors (Lipinski definition) is 2. The summed E-state index contributed by atoms with van der Waals surface area (Å²) in [4.78, 5) is 0.219. The third-order valence-electron chi connectivity index (χ3n) is 3.35. The Morgan fingerprint density at radius 1 is 1.39 bits per heavy atom. The van der Waals surface area contributed by atoms with Gasteiger partial charge in [0.15, 0.2) is 0 Å². The first-order chi connectivity index (χ1) is 8.49. The molecule has 1 aliphatic rings. The lowest BCUT2D eigenvalue weighted by Crippen LogP contribution is -2.27. The standard InChI is InChI=1S/C12H17BrN2O2S/c13-11-5-4-10(8-12(11)14)18(16,17)15-7-6-9-2-1-3-9/h4-5,8-9,15H,1-3,6-7,14H2. The van der Waals surface area contributed by atoms with E-state index >= 15 is 0 Å². The molecule has 1 fully saturated rings. The molecule has 100 valence electrons. The SMILES string of the molecule is Nc1cc(S(=O)(=O)NCCC2CCC2)ccc1Br. The highest BCUT2D eigenvalue weighted by molar-refractivity contribution is 9.10. The highest BCUT2D eigenvalue weighted by Gasteiger charge is 2.19. The summed E-state index contributed by atoms with van der Waals surface area (Å²) in [5, 5.41) is 0. The minimum Gasteiger partial charge on any atom is -0.398 e. The van der Waals surface area contributed by atoms with Crippen LogP contribution in [0.3, 0.4) is 0 Å². The topological polar surface area (TPSA) is 72.2 Å². The van der Waals surface area contributed by atoms with E-state index in [2.05, 4.69) is 20.7 Å². The molecule has 2 rings (SSSR count). The van der Waals surface area contributed by atoms with Crippen molar-refractivity contribution in [1.82, 2.24) is 4.72 Å². The summed E-state index contributed by atoms with van der Waals surface area (Å²) in [5.74, 6) is 0.697. The average molecular weight is 333 g/mol. The number of nitrogens with one attached hydrogen (secondary N) is 1. The average Bonchev–Trinajstić information content (AvgIpc) is 2.25. The van der Waals surface area contributed by atoms with Crippen LogP contribution in [-0.2, 0) is 10.0 Å². The van der Waals surface area contributed by atoms with E-state index in [4.69, 9.17) is 5.73 Å². The van der Waals surface area contributed by atoms with Crippen LogP contribution in [0.5, 0.6) is 0 Å². The maximum atomic E-state index is 12.0. The van der Waals surface area contributed by atoms with Crippen LogP contribution in [0.25, 0.3) is 0 Å². The van der Waals surface area contributed by atoms with Gasteiger partial charge in [-0.3, -0.25) is 0 Å². The highest BCUT2D eigenvalue weighted by atomic mass is 79.9. The fraction of sp³-hybridized carbons (Fsp3) is 0.500. The second-order valence-electron chi connectivity index (χ2n) is 4.67. The number of nitrogen functional groups attached to an aromatic ring is 1. The van der Waals surface area contributed by atoms with Crippen molar-refractivity contribution < 1.29 is 8.42 Å². The van der Waals surface area contributed by atoms with E-state index in [0.29, 0.717) is 22.6 Å². The Bertz CT molecular complexity index is 527. The van der Waals surface area contributed by atoms with Gasteiger partial charge in [0.25, 0.3) is 0 Å². The van der Waals surface area contributed by atoms with Gasteiger partial charge in [0, 0.05) is 16.7 Å². The Kier molecular flexibility index (Phi) is 4.29. The normalized spacial score (nSPS) is 16.5. The zero-order chi connectivity index (χ0) is 13.2. The van der Waals surface area contributed by atoms with Crippen molar-refractivity contribution in [3.63, 3.8) is 0 Å². The van der Waals surface area contributed by atoms with Crippen LogP contribution in [0.2, 0.25) is 0 Å². The van der Waals surface area contributed by atoms with Gasteiger partial charge in [-0.1, -0.05) is 19.3 Å². The Hall–Kier alpha value is -0.590. The third-order valence-corrected chi connectivity index (χ3v) is 5.53. The molecule has 0 amide bonds. The molecule has 1 aliphatic carbocycles. The molecular weight excluding hydrogens is 316 g/mol. The highest BCUT2D eigenvalue weighted by Crippen LogP contribution is 2.29. The molecule has 0 radical (unpaired) electrons. The second kappa shape index (κ2) is 5.59. The van der Waals surface area contributed by atoms with Gasteiger partial charge in [0.2, 0.25) is 10.0 Å². The second-order valence-corrected chi connectivity index (χ2v) is 7.29. The largest absolute Gasteiger partial charge is 0.398 e. The van der Waals surface area contributed by atoms with E-state index in [0.717, 1.165) is 6.42 Å². The Labute approximate surface area is 116 Å². The molecule has 0 spiro atoms. The van der Waals surface area contributed by atoms with Gasteiger partial charge in [-0.05, 0) is 46.5 Å². The number of benzene rings is 1. The minimum absolute atomic E-state index is 0.219. The molecule has 0 bridgehead atoms. The molecule has 0 unspecified atom stereocenters. The monoisotopic (exact) mass is 332 g/mol. The van der Waals surface area contributed by atoms with Gasteiger partial charge in [-0.2, -0.15) is 0 Å². The van der Waals surface area contributed by atoms with Crippen molar-refractivity contribution in [3.05, 3.63) is 22.7 Å². The molecule has 4 nitrogen and oxygen atoms in total. The first kappa shape index (κ1) is 13.8. The lowest BCUT2D eigenvalue weighted by Gasteiger charge is -2.25. The summed E-state index contributed by atoms with van der Waals surface area (Å²) in [6.45, 7) is 0.503. The molecule has 1 saturated carbocycles. The number of sulfonamides is 1. The molecule has 0 saturated heterocycles. The molecule has 3 N–H and O–H groups in total. The summed E-state index contributed by atoms with van der Waals surface area (Å²) in [6.07, 6.45) is 4.66. The van der Waals surface area contributed by atoms with Crippen molar-refractivity contribution in [2.45, 2.75) is 30.6 Å². The van der Waals surface area contributed by atoms with Crippen molar-refractivity contribution >= 4 is 31.6 Å². The zero-order valence-electron chi connectivity index (χ0n) is 10.0. The van der Waals surface area contributed by atoms with E-state index in [9.17, 15) is 8.42 Å². The number of rotatable bonds is 5. The summed E-state index contributed by atoms with van der Waals surface area (Å²) in [5.41, 5.74) is 6.11. The van der Waals surface area contributed by atoms with E-state index in [1.807, 2.05) is 0 Å². The number of hydrogen-bond acceptors (Lipinski definition) is 3. The number of anilines is 1. The van der Waals surface area contributed by atoms with Gasteiger partial charge < -0.3 is 5.73 Å². The predicted octanol–water partition coefficient (Wildman–Crippen LogP) is 2.50. The molecule has 18 heavy (non-hydrogen) atoms. The summed E-state index contributed by atoms with van der Waals surface area (Å²) in [6, 6.07) is 4.66. The first-order valence-corrected chi connectivity index (χ1v) is 8.31. The van der Waals surface area contributed by atoms with Gasteiger partial charge >= 0.3 is 0 Å². The maximum Gasteiger partial charge on any atom is 0.240 e. The van der Waals surface area contributed by atoms with Crippen LogP contribution < -0.4 is 10.5 Å². The molecule has 1 aromatic carbocycles. The summed E-state index contributed by atoms with van der Waals surface area (Å²) < 4.78 is 27.3. The minimum atomic E-state index is -3.43. The zero-order valence-corrected chi connectivity index (χ0v) is 12.4. The fourth-order valence-corrected chi connectivity index (χ4v) is 3.28. The summed E-state index contributed by atoms with van der Waals surface area (Å²) >= 11 is 3.24. The molecule has 0 aliphatic heterocycles. The molecule has 0 aromatic heterocycles. The van der Waals surface area contributed by atoms with Gasteiger partial charge in [0.1, 0.15) is 0 Å². The van der Waals surface area contributed by atoms with Gasteiger partial charge in [-0.15, -0.1) is 0 Å². The summed E-state index contributed by atoms with van der Waals surface area (Å²) in [7, 11) is -3.43. The van der Waals surface area contributed by atoms with E-state index < -0.39 is 10.0 Å². The molecule has 0 heterocycles. The van der Waals surface area contributed by atoms with Crippen molar-refractivity contribution in [2.75, 3.05) is 12.3 Å². The molecular formula is C12H17BrN2O2S. The Balaban J connectivity index is 1.98. The van der Waals surface area contributed by atoms with Gasteiger partial charge in [0.05, 0.1) is 4.90 Å². The number of nitrogens with two attached hydrogens (primary N) is 1. The van der Waals surface area contributed by atoms with Crippen LogP contribution in [0, 0.1) is 5.92 Å². The van der Waals surface area contributed by atoms with Crippen LogP contribution in [0.1, 0.15) is 25.7 Å². The van der Waals surface area contributed by atoms with Crippen molar-refractivity contribution in [1.29, 1.82) is 0 Å². The van der Waals surface area contributed by atoms with Gasteiger partial charge in [-0.25, -0.2) is 13.1 Å². The molecule has 0 atom stereocenters. The van der Waals surface area contributed by atoms with E-state index in [-0.39, 0.29) is 4.90 Å². The van der Waals surface area contributed by atoms with Crippen LogP contribution in [-0.4, -0.2) is 15.0 Å². The van der Waals surface area contributed by atoms with E-state index in [1.54, 1.807) is 12.1 Å². The van der Waals surface area contributed by atoms with Crippen molar-refractivity contribution in [2.24, 2.45) is 5.92 Å². The molecule has 1 aromatic rings. The third kappa shape index (κ3) is 3.24. The lowest BCUT2D eigenvalue weighted by atomic mass is 9.83. The fourth-order valence-electron chi connectivity index (χ4n) is 1.95. The lowest BCUT2D eigenvalue weighted by molar-refractivity contribution is 0.297. The van der Waals surface area contributed by atoms with Crippen LogP contribution >= 0.6 is 15.9 Å². The van der Waals surface area contributed by atoms with Crippen molar-refractivity contribution in [3.8, 4) is 0 Å².